The molecule has 0 aromatic heterocycles. The predicted octanol–water partition coefficient (Wildman–Crippen LogP) is 2.39. The standard InChI is InChI=1S/C10H19NS2/c1-8(2)6-9(11-3)10-7-12-4-5-13-10/h6,9-11H,4-5,7H2,1-3H3. The number of hydrogen-bond donors (Lipinski definition) is 1. The molecule has 0 spiro atoms. The lowest BCUT2D eigenvalue weighted by Gasteiger charge is -2.27. The van der Waals surface area contributed by atoms with E-state index in [2.05, 4.69) is 55.8 Å². The number of likely N-dealkylation sites (N-methyl/N-ethyl adjacent to an activating group) is 1. The van der Waals surface area contributed by atoms with Crippen molar-refractivity contribution in [3.05, 3.63) is 11.6 Å². The number of nitrogens with one attached hydrogen (secondary N) is 1. The summed E-state index contributed by atoms with van der Waals surface area (Å²) in [6.07, 6.45) is 2.35. The molecule has 13 heavy (non-hydrogen) atoms. The Morgan fingerprint density at radius 1 is 1.46 bits per heavy atom. The van der Waals surface area contributed by atoms with Gasteiger partial charge in [-0.1, -0.05) is 11.6 Å². The molecule has 1 N–H and O–H groups in total. The fourth-order valence-corrected chi connectivity index (χ4v) is 4.31. The Bertz CT molecular complexity index is 170. The number of allylic oxidation sites excluding steroid dienone is 1. The van der Waals surface area contributed by atoms with Gasteiger partial charge in [-0.2, -0.15) is 23.5 Å². The molecular weight excluding hydrogens is 198 g/mol. The van der Waals surface area contributed by atoms with Gasteiger partial charge < -0.3 is 5.32 Å². The minimum Gasteiger partial charge on any atom is -0.313 e. The lowest BCUT2D eigenvalue weighted by atomic mass is 10.1. The average Bonchev–Trinajstić information content (AvgIpc) is 2.15. The normalized spacial score (nSPS) is 25.3. The van der Waals surface area contributed by atoms with E-state index in [1.165, 1.54) is 22.8 Å². The van der Waals surface area contributed by atoms with Crippen LogP contribution < -0.4 is 5.32 Å². The van der Waals surface area contributed by atoms with E-state index in [-0.39, 0.29) is 0 Å². The summed E-state index contributed by atoms with van der Waals surface area (Å²) < 4.78 is 0. The molecule has 1 rings (SSSR count). The zero-order valence-corrected chi connectivity index (χ0v) is 10.3. The summed E-state index contributed by atoms with van der Waals surface area (Å²) in [4.78, 5) is 0. The molecule has 2 unspecified atom stereocenters. The lowest BCUT2D eigenvalue weighted by molar-refractivity contribution is 0.659. The van der Waals surface area contributed by atoms with Crippen molar-refractivity contribution in [2.45, 2.75) is 25.1 Å². The van der Waals surface area contributed by atoms with Crippen molar-refractivity contribution in [3.63, 3.8) is 0 Å². The van der Waals surface area contributed by atoms with Gasteiger partial charge in [0.15, 0.2) is 0 Å². The first-order chi connectivity index (χ1) is 6.24. The van der Waals surface area contributed by atoms with E-state index in [0.717, 1.165) is 5.25 Å². The van der Waals surface area contributed by atoms with Gasteiger partial charge in [-0.3, -0.25) is 0 Å². The van der Waals surface area contributed by atoms with Gasteiger partial charge in [-0.15, -0.1) is 0 Å². The molecule has 1 aliphatic heterocycles. The van der Waals surface area contributed by atoms with Crippen molar-refractivity contribution < 1.29 is 0 Å². The van der Waals surface area contributed by atoms with Crippen LogP contribution in [0.1, 0.15) is 13.8 Å². The molecule has 1 saturated heterocycles. The van der Waals surface area contributed by atoms with Gasteiger partial charge in [-0.25, -0.2) is 0 Å². The van der Waals surface area contributed by atoms with E-state index in [0.29, 0.717) is 6.04 Å². The summed E-state index contributed by atoms with van der Waals surface area (Å²) >= 11 is 4.19. The summed E-state index contributed by atoms with van der Waals surface area (Å²) in [5, 5.41) is 4.16. The zero-order valence-electron chi connectivity index (χ0n) is 8.67. The summed E-state index contributed by atoms with van der Waals surface area (Å²) in [7, 11) is 2.06. The van der Waals surface area contributed by atoms with Gasteiger partial charge in [0.1, 0.15) is 0 Å². The average molecular weight is 217 g/mol. The molecule has 1 heterocycles. The first-order valence-corrected chi connectivity index (χ1v) is 6.96. The van der Waals surface area contributed by atoms with Crippen LogP contribution in [0, 0.1) is 0 Å². The third-order valence-corrected chi connectivity index (χ3v) is 4.97. The quantitative estimate of drug-likeness (QED) is 0.729. The van der Waals surface area contributed by atoms with E-state index in [1.807, 2.05) is 0 Å². The molecule has 0 radical (unpaired) electrons. The SMILES string of the molecule is CNC(C=C(C)C)C1CSCCS1. The van der Waals surface area contributed by atoms with Crippen LogP contribution in [0.25, 0.3) is 0 Å². The predicted molar refractivity (Wildman–Crippen MR) is 65.8 cm³/mol. The van der Waals surface area contributed by atoms with E-state index in [1.54, 1.807) is 0 Å². The van der Waals surface area contributed by atoms with E-state index in [9.17, 15) is 0 Å². The fourth-order valence-electron chi connectivity index (χ4n) is 1.45. The maximum absolute atomic E-state index is 3.39. The van der Waals surface area contributed by atoms with Crippen molar-refractivity contribution in [3.8, 4) is 0 Å². The van der Waals surface area contributed by atoms with Gasteiger partial charge in [-0.05, 0) is 20.9 Å². The highest BCUT2D eigenvalue weighted by Crippen LogP contribution is 2.27. The summed E-state index contributed by atoms with van der Waals surface area (Å²) in [5.41, 5.74) is 1.41. The number of thioether (sulfide) groups is 2. The van der Waals surface area contributed by atoms with Crippen LogP contribution in [0.4, 0.5) is 0 Å². The van der Waals surface area contributed by atoms with Crippen molar-refractivity contribution in [2.24, 2.45) is 0 Å². The highest BCUT2D eigenvalue weighted by molar-refractivity contribution is 8.06. The molecule has 0 aliphatic carbocycles. The Labute approximate surface area is 90.1 Å². The second-order valence-corrected chi connectivity index (χ2v) is 6.04. The molecule has 0 saturated carbocycles. The topological polar surface area (TPSA) is 12.0 Å². The molecule has 1 aliphatic rings. The molecule has 0 bridgehead atoms. The van der Waals surface area contributed by atoms with Crippen molar-refractivity contribution in [1.82, 2.24) is 5.32 Å². The Balaban J connectivity index is 2.49. The number of rotatable bonds is 3. The second-order valence-electron chi connectivity index (χ2n) is 3.54. The van der Waals surface area contributed by atoms with Crippen LogP contribution in [-0.4, -0.2) is 35.6 Å². The fraction of sp³-hybridized carbons (Fsp3) is 0.800. The smallest absolute Gasteiger partial charge is 0.0377 e. The van der Waals surface area contributed by atoms with Gasteiger partial charge >= 0.3 is 0 Å². The highest BCUT2D eigenvalue weighted by atomic mass is 32.2. The van der Waals surface area contributed by atoms with Crippen LogP contribution in [-0.2, 0) is 0 Å². The molecule has 1 fully saturated rings. The van der Waals surface area contributed by atoms with Gasteiger partial charge in [0, 0.05) is 28.6 Å². The van der Waals surface area contributed by atoms with E-state index in [4.69, 9.17) is 0 Å². The lowest BCUT2D eigenvalue weighted by Crippen LogP contribution is -2.37. The van der Waals surface area contributed by atoms with Gasteiger partial charge in [0.25, 0.3) is 0 Å². The van der Waals surface area contributed by atoms with Crippen LogP contribution in [0.15, 0.2) is 11.6 Å². The van der Waals surface area contributed by atoms with Crippen LogP contribution in [0.2, 0.25) is 0 Å². The molecule has 0 aromatic carbocycles. The Morgan fingerprint density at radius 2 is 2.23 bits per heavy atom. The van der Waals surface area contributed by atoms with Crippen LogP contribution in [0.3, 0.4) is 0 Å². The van der Waals surface area contributed by atoms with Crippen molar-refractivity contribution in [2.75, 3.05) is 24.3 Å². The Kier molecular flexibility index (Phi) is 5.29. The molecule has 2 atom stereocenters. The third-order valence-electron chi connectivity index (χ3n) is 2.09. The largest absolute Gasteiger partial charge is 0.313 e. The minimum absolute atomic E-state index is 0.558. The zero-order chi connectivity index (χ0) is 9.68. The first-order valence-electron chi connectivity index (χ1n) is 4.75. The Morgan fingerprint density at radius 3 is 2.69 bits per heavy atom. The maximum atomic E-state index is 3.39. The molecule has 0 amide bonds. The molecule has 3 heteroatoms. The minimum atomic E-state index is 0.558. The van der Waals surface area contributed by atoms with Crippen molar-refractivity contribution >= 4 is 23.5 Å². The van der Waals surface area contributed by atoms with Crippen LogP contribution >= 0.6 is 23.5 Å². The van der Waals surface area contributed by atoms with Crippen LogP contribution in [0.5, 0.6) is 0 Å². The summed E-state index contributed by atoms with van der Waals surface area (Å²) in [6.45, 7) is 4.34. The Hall–Kier alpha value is 0.400. The maximum Gasteiger partial charge on any atom is 0.0377 e. The highest BCUT2D eigenvalue weighted by Gasteiger charge is 2.21. The van der Waals surface area contributed by atoms with E-state index >= 15 is 0 Å². The van der Waals surface area contributed by atoms with E-state index < -0.39 is 0 Å². The first kappa shape index (κ1) is 11.5. The monoisotopic (exact) mass is 217 g/mol. The molecular formula is C10H19NS2. The third kappa shape index (κ3) is 3.96. The molecule has 76 valence electrons. The summed E-state index contributed by atoms with van der Waals surface area (Å²) in [6, 6.07) is 0.558. The second kappa shape index (κ2) is 5.99. The van der Waals surface area contributed by atoms with Gasteiger partial charge in [0.2, 0.25) is 0 Å². The van der Waals surface area contributed by atoms with Crippen molar-refractivity contribution in [1.29, 1.82) is 0 Å². The molecule has 0 aromatic rings. The summed E-state index contributed by atoms with van der Waals surface area (Å²) in [5.74, 6) is 3.93. The number of hydrogen-bond acceptors (Lipinski definition) is 3. The molecule has 1 nitrogen and oxygen atoms in total. The van der Waals surface area contributed by atoms with Gasteiger partial charge in [0.05, 0.1) is 0 Å².